The zero-order valence-electron chi connectivity index (χ0n) is 16.1. The van der Waals surface area contributed by atoms with Gasteiger partial charge in [0.2, 0.25) is 5.91 Å². The van der Waals surface area contributed by atoms with Crippen molar-refractivity contribution in [1.29, 1.82) is 0 Å². The van der Waals surface area contributed by atoms with Gasteiger partial charge in [0.25, 0.3) is 0 Å². The first kappa shape index (κ1) is 20.8. The highest BCUT2D eigenvalue weighted by molar-refractivity contribution is 5.84. The number of alkyl halides is 3. The van der Waals surface area contributed by atoms with E-state index >= 15 is 0 Å². The van der Waals surface area contributed by atoms with Gasteiger partial charge in [0.05, 0.1) is 11.3 Å². The lowest BCUT2D eigenvalue weighted by Crippen LogP contribution is -2.56. The summed E-state index contributed by atoms with van der Waals surface area (Å²) in [6.07, 6.45) is -0.999. The first-order valence-electron chi connectivity index (χ1n) is 9.20. The molecule has 2 fully saturated rings. The van der Waals surface area contributed by atoms with Gasteiger partial charge < -0.3 is 15.1 Å². The second kappa shape index (κ2) is 7.27. The quantitative estimate of drug-likeness (QED) is 0.821. The zero-order chi connectivity index (χ0) is 19.8. The lowest BCUT2D eigenvalue weighted by molar-refractivity contribution is -0.214. The van der Waals surface area contributed by atoms with Gasteiger partial charge in [-0.15, -0.1) is 0 Å². The number of hydrogen-bond acceptors (Lipinski definition) is 2. The third-order valence-corrected chi connectivity index (χ3v) is 5.91. The third-order valence-electron chi connectivity index (χ3n) is 5.91. The van der Waals surface area contributed by atoms with Gasteiger partial charge in [0.1, 0.15) is 0 Å². The molecule has 2 rings (SSSR count). The predicted molar refractivity (Wildman–Crippen MR) is 92.5 cm³/mol. The van der Waals surface area contributed by atoms with E-state index in [1.807, 2.05) is 0 Å². The number of carbonyl (C=O) groups is 2. The molecule has 0 aromatic rings. The van der Waals surface area contributed by atoms with Crippen LogP contribution in [-0.4, -0.2) is 61.6 Å². The van der Waals surface area contributed by atoms with Crippen molar-refractivity contribution in [1.82, 2.24) is 15.1 Å². The van der Waals surface area contributed by atoms with Crippen molar-refractivity contribution in [3.05, 3.63) is 0 Å². The lowest BCUT2D eigenvalue weighted by Gasteiger charge is -2.45. The SMILES string of the molecule is CN(C)C(=O)C1(CNC(=O)N2CCC(C(F)(F)F)C(C)(C)C2)CCCC1. The van der Waals surface area contributed by atoms with Crippen molar-refractivity contribution >= 4 is 11.9 Å². The predicted octanol–water partition coefficient (Wildman–Crippen LogP) is 3.26. The van der Waals surface area contributed by atoms with Crippen LogP contribution in [0, 0.1) is 16.7 Å². The number of urea groups is 1. The van der Waals surface area contributed by atoms with Crippen LogP contribution < -0.4 is 5.32 Å². The first-order chi connectivity index (χ1) is 11.9. The number of amides is 3. The van der Waals surface area contributed by atoms with Crippen LogP contribution >= 0.6 is 0 Å². The average molecular weight is 377 g/mol. The standard InChI is InChI=1S/C18H30F3N3O2/c1-16(2)12-24(10-7-13(16)18(19,20)21)15(26)22-11-17(8-5-6-9-17)14(25)23(3)4/h13H,5-12H2,1-4H3,(H,22,26). The van der Waals surface area contributed by atoms with E-state index in [-0.39, 0.29) is 38.0 Å². The van der Waals surface area contributed by atoms with E-state index in [0.29, 0.717) is 0 Å². The Morgan fingerprint density at radius 3 is 2.23 bits per heavy atom. The molecular formula is C18H30F3N3O2. The highest BCUT2D eigenvalue weighted by Gasteiger charge is 2.52. The summed E-state index contributed by atoms with van der Waals surface area (Å²) in [5.41, 5.74) is -1.61. The molecule has 8 heteroatoms. The summed E-state index contributed by atoms with van der Waals surface area (Å²) in [6.45, 7) is 3.48. The Bertz CT molecular complexity index is 540. The Morgan fingerprint density at radius 1 is 1.19 bits per heavy atom. The average Bonchev–Trinajstić information content (AvgIpc) is 2.99. The van der Waals surface area contributed by atoms with Gasteiger partial charge >= 0.3 is 12.2 Å². The Morgan fingerprint density at radius 2 is 1.77 bits per heavy atom. The van der Waals surface area contributed by atoms with Crippen LogP contribution in [0.25, 0.3) is 0 Å². The maximum Gasteiger partial charge on any atom is 0.392 e. The van der Waals surface area contributed by atoms with Gasteiger partial charge in [-0.1, -0.05) is 26.7 Å². The van der Waals surface area contributed by atoms with Crippen LogP contribution in [0.2, 0.25) is 0 Å². The van der Waals surface area contributed by atoms with Gasteiger partial charge in [-0.2, -0.15) is 13.2 Å². The lowest BCUT2D eigenvalue weighted by atomic mass is 9.73. The van der Waals surface area contributed by atoms with Gasteiger partial charge in [-0.05, 0) is 24.7 Å². The number of piperidine rings is 1. The number of carbonyl (C=O) groups excluding carboxylic acids is 2. The summed E-state index contributed by atoms with van der Waals surface area (Å²) in [5.74, 6) is -1.40. The fourth-order valence-corrected chi connectivity index (χ4v) is 4.49. The van der Waals surface area contributed by atoms with E-state index in [1.54, 1.807) is 32.8 Å². The summed E-state index contributed by atoms with van der Waals surface area (Å²) < 4.78 is 39.5. The summed E-state index contributed by atoms with van der Waals surface area (Å²) >= 11 is 0. The minimum atomic E-state index is -4.25. The van der Waals surface area contributed by atoms with Gasteiger partial charge in [0, 0.05) is 33.7 Å². The number of halogens is 3. The number of rotatable bonds is 3. The van der Waals surface area contributed by atoms with Crippen molar-refractivity contribution in [3.8, 4) is 0 Å². The van der Waals surface area contributed by atoms with E-state index in [1.165, 1.54) is 4.90 Å². The molecule has 0 aromatic carbocycles. The maximum absolute atomic E-state index is 13.2. The molecule has 150 valence electrons. The smallest absolute Gasteiger partial charge is 0.348 e. The van der Waals surface area contributed by atoms with Crippen LogP contribution in [0.15, 0.2) is 0 Å². The maximum atomic E-state index is 13.2. The number of hydrogen-bond donors (Lipinski definition) is 1. The molecule has 0 bridgehead atoms. The zero-order valence-corrected chi connectivity index (χ0v) is 16.1. The molecule has 1 saturated heterocycles. The molecule has 1 heterocycles. The number of likely N-dealkylation sites (tertiary alicyclic amines) is 1. The summed E-state index contributed by atoms with van der Waals surface area (Å²) in [5, 5.41) is 2.82. The molecule has 0 spiro atoms. The fraction of sp³-hybridized carbons (Fsp3) is 0.889. The van der Waals surface area contributed by atoms with Gasteiger partial charge in [-0.25, -0.2) is 4.79 Å². The monoisotopic (exact) mass is 377 g/mol. The molecule has 1 N–H and O–H groups in total. The largest absolute Gasteiger partial charge is 0.392 e. The van der Waals surface area contributed by atoms with Gasteiger partial charge in [-0.3, -0.25) is 4.79 Å². The van der Waals surface area contributed by atoms with Crippen molar-refractivity contribution in [2.24, 2.45) is 16.7 Å². The highest BCUT2D eigenvalue weighted by Crippen LogP contribution is 2.45. The molecule has 1 unspecified atom stereocenters. The van der Waals surface area contributed by atoms with Crippen molar-refractivity contribution in [2.75, 3.05) is 33.7 Å². The molecular weight excluding hydrogens is 347 g/mol. The van der Waals surface area contributed by atoms with Crippen LogP contribution in [0.4, 0.5) is 18.0 Å². The Labute approximate surface area is 153 Å². The van der Waals surface area contributed by atoms with Crippen molar-refractivity contribution < 1.29 is 22.8 Å². The van der Waals surface area contributed by atoms with Crippen molar-refractivity contribution in [3.63, 3.8) is 0 Å². The summed E-state index contributed by atoms with van der Waals surface area (Å²) in [6, 6.07) is -0.378. The molecule has 26 heavy (non-hydrogen) atoms. The fourth-order valence-electron chi connectivity index (χ4n) is 4.49. The molecule has 1 aliphatic carbocycles. The van der Waals surface area contributed by atoms with E-state index in [2.05, 4.69) is 5.32 Å². The third kappa shape index (κ3) is 4.26. The number of nitrogens with zero attached hydrogens (tertiary/aromatic N) is 2. The van der Waals surface area contributed by atoms with Crippen LogP contribution in [0.5, 0.6) is 0 Å². The van der Waals surface area contributed by atoms with E-state index in [4.69, 9.17) is 0 Å². The van der Waals surface area contributed by atoms with Gasteiger partial charge in [0.15, 0.2) is 0 Å². The normalized spacial score (nSPS) is 25.0. The van der Waals surface area contributed by atoms with E-state index < -0.39 is 22.9 Å². The Kier molecular flexibility index (Phi) is 5.83. The molecule has 0 radical (unpaired) electrons. The second-order valence-corrected chi connectivity index (χ2v) is 8.64. The molecule has 2 aliphatic rings. The second-order valence-electron chi connectivity index (χ2n) is 8.64. The molecule has 0 aromatic heterocycles. The Balaban J connectivity index is 1.99. The van der Waals surface area contributed by atoms with E-state index in [9.17, 15) is 22.8 Å². The van der Waals surface area contributed by atoms with Crippen molar-refractivity contribution in [2.45, 2.75) is 52.1 Å². The topological polar surface area (TPSA) is 52.7 Å². The molecule has 5 nitrogen and oxygen atoms in total. The first-order valence-corrected chi connectivity index (χ1v) is 9.20. The van der Waals surface area contributed by atoms with Crippen LogP contribution in [0.1, 0.15) is 46.0 Å². The minimum Gasteiger partial charge on any atom is -0.348 e. The molecule has 1 saturated carbocycles. The molecule has 1 atom stereocenters. The number of nitrogens with one attached hydrogen (secondary N) is 1. The summed E-state index contributed by atoms with van der Waals surface area (Å²) in [7, 11) is 3.41. The van der Waals surface area contributed by atoms with E-state index in [0.717, 1.165) is 25.7 Å². The molecule has 3 amide bonds. The minimum absolute atomic E-state index is 0.00593. The summed E-state index contributed by atoms with van der Waals surface area (Å²) in [4.78, 5) is 28.1. The van der Waals surface area contributed by atoms with Crippen LogP contribution in [-0.2, 0) is 4.79 Å². The van der Waals surface area contributed by atoms with Crippen LogP contribution in [0.3, 0.4) is 0 Å². The highest BCUT2D eigenvalue weighted by atomic mass is 19.4. The molecule has 1 aliphatic heterocycles. The Hall–Kier alpha value is -1.47.